The zero-order valence-electron chi connectivity index (χ0n) is 17.6. The molecule has 29 heavy (non-hydrogen) atoms. The Labute approximate surface area is 172 Å². The highest BCUT2D eigenvalue weighted by Gasteiger charge is 2.20. The van der Waals surface area contributed by atoms with Gasteiger partial charge in [0.25, 0.3) is 0 Å². The van der Waals surface area contributed by atoms with Crippen LogP contribution in [0.5, 0.6) is 0 Å². The first-order chi connectivity index (χ1) is 14.0. The Balaban J connectivity index is 1.47. The van der Waals surface area contributed by atoms with Gasteiger partial charge in [0, 0.05) is 38.1 Å². The first-order valence-electron chi connectivity index (χ1n) is 10.2. The lowest BCUT2D eigenvalue weighted by Crippen LogP contribution is -2.44. The van der Waals surface area contributed by atoms with E-state index >= 15 is 0 Å². The molecule has 1 saturated heterocycles. The molecule has 158 valence electrons. The molecule has 0 aliphatic carbocycles. The Morgan fingerprint density at radius 2 is 1.93 bits per heavy atom. The van der Waals surface area contributed by atoms with Crippen LogP contribution >= 0.6 is 0 Å². The van der Waals surface area contributed by atoms with Gasteiger partial charge in [-0.1, -0.05) is 6.07 Å². The first kappa shape index (κ1) is 21.1. The highest BCUT2D eigenvalue weighted by Crippen LogP contribution is 2.20. The van der Waals surface area contributed by atoms with Crippen molar-refractivity contribution >= 4 is 28.5 Å². The number of aromatic nitrogens is 1. The predicted molar refractivity (Wildman–Crippen MR) is 116 cm³/mol. The van der Waals surface area contributed by atoms with Crippen molar-refractivity contribution in [2.45, 2.75) is 25.4 Å². The van der Waals surface area contributed by atoms with Gasteiger partial charge >= 0.3 is 6.03 Å². The fourth-order valence-electron chi connectivity index (χ4n) is 3.80. The Morgan fingerprint density at radius 1 is 1.17 bits per heavy atom. The van der Waals surface area contributed by atoms with Gasteiger partial charge in [0.2, 0.25) is 5.91 Å². The normalized spacial score (nSPS) is 15.6. The van der Waals surface area contributed by atoms with E-state index in [1.165, 1.54) is 12.8 Å². The molecule has 3 amide bonds. The Morgan fingerprint density at radius 3 is 2.62 bits per heavy atom. The number of rotatable bonds is 7. The minimum atomic E-state index is -0.211. The van der Waals surface area contributed by atoms with Crippen LogP contribution in [-0.2, 0) is 11.3 Å². The van der Waals surface area contributed by atoms with Crippen molar-refractivity contribution in [1.82, 2.24) is 25.0 Å². The SMILES string of the molecule is CNC(=O)Cn1ccc2ccc(NC(=O)NCCN3CCC(N(C)C)CC3)cc21. The van der Waals surface area contributed by atoms with Crippen LogP contribution < -0.4 is 16.0 Å². The highest BCUT2D eigenvalue weighted by molar-refractivity contribution is 5.93. The summed E-state index contributed by atoms with van der Waals surface area (Å²) in [7, 11) is 5.90. The number of carbonyl (C=O) groups excluding carboxylic acids is 2. The molecule has 1 aliphatic heterocycles. The molecule has 8 heteroatoms. The second-order valence-electron chi connectivity index (χ2n) is 7.81. The van der Waals surface area contributed by atoms with E-state index in [4.69, 9.17) is 0 Å². The smallest absolute Gasteiger partial charge is 0.319 e. The summed E-state index contributed by atoms with van der Waals surface area (Å²) in [5.41, 5.74) is 1.62. The molecule has 0 unspecified atom stereocenters. The molecule has 3 N–H and O–H groups in total. The number of nitrogens with zero attached hydrogens (tertiary/aromatic N) is 3. The van der Waals surface area contributed by atoms with Crippen molar-refractivity contribution in [3.05, 3.63) is 30.5 Å². The Hall–Kier alpha value is -2.58. The van der Waals surface area contributed by atoms with E-state index in [9.17, 15) is 9.59 Å². The van der Waals surface area contributed by atoms with Crippen molar-refractivity contribution in [3.63, 3.8) is 0 Å². The molecule has 0 saturated carbocycles. The molecular weight excluding hydrogens is 368 g/mol. The Kier molecular flexibility index (Phi) is 7.11. The van der Waals surface area contributed by atoms with Crippen LogP contribution in [0.1, 0.15) is 12.8 Å². The molecule has 0 bridgehead atoms. The summed E-state index contributed by atoms with van der Waals surface area (Å²) in [5, 5.41) is 9.48. The third-order valence-corrected chi connectivity index (χ3v) is 5.63. The van der Waals surface area contributed by atoms with Gasteiger partial charge in [-0.25, -0.2) is 4.79 Å². The maximum Gasteiger partial charge on any atom is 0.319 e. The summed E-state index contributed by atoms with van der Waals surface area (Å²) in [4.78, 5) is 28.6. The third kappa shape index (κ3) is 5.71. The van der Waals surface area contributed by atoms with Crippen molar-refractivity contribution in [3.8, 4) is 0 Å². The van der Waals surface area contributed by atoms with Crippen LogP contribution in [0.25, 0.3) is 10.9 Å². The van der Waals surface area contributed by atoms with Gasteiger partial charge in [0.15, 0.2) is 0 Å². The number of nitrogens with one attached hydrogen (secondary N) is 3. The molecule has 2 heterocycles. The van der Waals surface area contributed by atoms with Crippen LogP contribution in [0.15, 0.2) is 30.5 Å². The molecule has 1 fully saturated rings. The molecule has 0 radical (unpaired) electrons. The van der Waals surface area contributed by atoms with Gasteiger partial charge in [0.1, 0.15) is 6.54 Å². The number of likely N-dealkylation sites (N-methyl/N-ethyl adjacent to an activating group) is 1. The molecule has 1 aromatic carbocycles. The number of urea groups is 1. The summed E-state index contributed by atoms with van der Waals surface area (Å²) >= 11 is 0. The average Bonchev–Trinajstić information content (AvgIpc) is 3.10. The molecule has 0 atom stereocenters. The number of piperidine rings is 1. The van der Waals surface area contributed by atoms with Gasteiger partial charge < -0.3 is 30.3 Å². The second kappa shape index (κ2) is 9.76. The van der Waals surface area contributed by atoms with E-state index < -0.39 is 0 Å². The summed E-state index contributed by atoms with van der Waals surface area (Å²) < 4.78 is 1.87. The van der Waals surface area contributed by atoms with E-state index in [0.29, 0.717) is 18.3 Å². The van der Waals surface area contributed by atoms with Crippen molar-refractivity contribution < 1.29 is 9.59 Å². The second-order valence-corrected chi connectivity index (χ2v) is 7.81. The fourth-order valence-corrected chi connectivity index (χ4v) is 3.80. The highest BCUT2D eigenvalue weighted by atomic mass is 16.2. The van der Waals surface area contributed by atoms with Gasteiger partial charge in [-0.3, -0.25) is 4.79 Å². The molecular formula is C21H32N6O2. The topological polar surface area (TPSA) is 81.6 Å². The van der Waals surface area contributed by atoms with Crippen molar-refractivity contribution in [1.29, 1.82) is 0 Å². The molecule has 3 rings (SSSR count). The van der Waals surface area contributed by atoms with E-state index in [2.05, 4.69) is 39.8 Å². The van der Waals surface area contributed by atoms with Gasteiger partial charge in [-0.2, -0.15) is 0 Å². The summed E-state index contributed by atoms with van der Waals surface area (Å²) in [6.45, 7) is 3.88. The minimum Gasteiger partial charge on any atom is -0.358 e. The zero-order valence-corrected chi connectivity index (χ0v) is 17.6. The lowest BCUT2D eigenvalue weighted by atomic mass is 10.0. The Bertz CT molecular complexity index is 839. The summed E-state index contributed by atoms with van der Waals surface area (Å²) in [6.07, 6.45) is 4.23. The van der Waals surface area contributed by atoms with Crippen LogP contribution in [0.3, 0.4) is 0 Å². The number of benzene rings is 1. The minimum absolute atomic E-state index is 0.0618. The molecule has 2 aromatic rings. The molecule has 8 nitrogen and oxygen atoms in total. The number of likely N-dealkylation sites (tertiary alicyclic amines) is 1. The standard InChI is InChI=1S/C21H32N6O2/c1-22-20(28)15-27-12-6-16-4-5-17(14-19(16)27)24-21(29)23-9-13-26-10-7-18(8-11-26)25(2)3/h4-6,12,14,18H,7-11,13,15H2,1-3H3,(H,22,28)(H2,23,24,29). The van der Waals surface area contributed by atoms with Crippen LogP contribution in [0.4, 0.5) is 10.5 Å². The number of carbonyl (C=O) groups is 2. The lowest BCUT2D eigenvalue weighted by molar-refractivity contribution is -0.121. The number of hydrogen-bond donors (Lipinski definition) is 3. The third-order valence-electron chi connectivity index (χ3n) is 5.63. The molecule has 0 spiro atoms. The van der Waals surface area contributed by atoms with Crippen LogP contribution in [0, 0.1) is 0 Å². The number of hydrogen-bond acceptors (Lipinski definition) is 4. The van der Waals surface area contributed by atoms with E-state index in [1.54, 1.807) is 7.05 Å². The van der Waals surface area contributed by atoms with Crippen molar-refractivity contribution in [2.75, 3.05) is 52.6 Å². The van der Waals surface area contributed by atoms with E-state index in [0.717, 1.165) is 30.5 Å². The van der Waals surface area contributed by atoms with E-state index in [1.807, 2.05) is 35.0 Å². The first-order valence-corrected chi connectivity index (χ1v) is 10.2. The summed E-state index contributed by atoms with van der Waals surface area (Å²) in [5.74, 6) is -0.0618. The predicted octanol–water partition coefficient (Wildman–Crippen LogP) is 1.53. The van der Waals surface area contributed by atoms with Crippen molar-refractivity contribution in [2.24, 2.45) is 0 Å². The molecule has 1 aromatic heterocycles. The van der Waals surface area contributed by atoms with Crippen LogP contribution in [0.2, 0.25) is 0 Å². The number of amides is 3. The average molecular weight is 401 g/mol. The zero-order chi connectivity index (χ0) is 20.8. The summed E-state index contributed by atoms with van der Waals surface area (Å²) in [6, 6.07) is 8.13. The van der Waals surface area contributed by atoms with Gasteiger partial charge in [-0.05, 0) is 63.6 Å². The number of anilines is 1. The lowest BCUT2D eigenvalue weighted by Gasteiger charge is -2.35. The van der Waals surface area contributed by atoms with Gasteiger partial charge in [-0.15, -0.1) is 0 Å². The van der Waals surface area contributed by atoms with Gasteiger partial charge in [0.05, 0.1) is 5.52 Å². The monoisotopic (exact) mass is 400 g/mol. The maximum atomic E-state index is 12.3. The fraction of sp³-hybridized carbons (Fsp3) is 0.524. The van der Waals surface area contributed by atoms with E-state index in [-0.39, 0.29) is 18.5 Å². The molecule has 1 aliphatic rings. The van der Waals surface area contributed by atoms with Crippen LogP contribution in [-0.4, -0.2) is 79.7 Å². The number of fused-ring (bicyclic) bond motifs is 1. The maximum absolute atomic E-state index is 12.3. The largest absolute Gasteiger partial charge is 0.358 e. The quantitative estimate of drug-likeness (QED) is 0.659.